The van der Waals surface area contributed by atoms with Crippen LogP contribution in [0.1, 0.15) is 39.5 Å². The fraction of sp³-hybridized carbons (Fsp3) is 0.833. The lowest BCUT2D eigenvalue weighted by Crippen LogP contribution is -2.50. The molecule has 0 saturated heterocycles. The molecule has 5 nitrogen and oxygen atoms in total. The van der Waals surface area contributed by atoms with Crippen molar-refractivity contribution in [2.45, 2.75) is 45.1 Å². The van der Waals surface area contributed by atoms with Crippen molar-refractivity contribution >= 4 is 11.8 Å². The van der Waals surface area contributed by atoms with E-state index in [1.54, 1.807) is 4.90 Å². The molecule has 0 radical (unpaired) electrons. The molecule has 0 aliphatic heterocycles. The Bertz CT molecular complexity index is 283. The molecule has 1 aliphatic carbocycles. The summed E-state index contributed by atoms with van der Waals surface area (Å²) in [6.07, 6.45) is 3.25. The Labute approximate surface area is 103 Å². The average molecular weight is 241 g/mol. The summed E-state index contributed by atoms with van der Waals surface area (Å²) in [4.78, 5) is 24.9. The topological polar surface area (TPSA) is 75.4 Å². The lowest BCUT2D eigenvalue weighted by molar-refractivity contribution is -0.133. The van der Waals surface area contributed by atoms with Gasteiger partial charge in [-0.25, -0.2) is 0 Å². The standard InChI is InChI=1S/C12H23N3O2/c1-3-15(4-2)11(17)9-14-10(16)8-12(13)6-5-7-12/h3-9,13H2,1-2H3,(H,14,16). The Morgan fingerprint density at radius 1 is 1.29 bits per heavy atom. The van der Waals surface area contributed by atoms with Crippen LogP contribution in [0.4, 0.5) is 0 Å². The minimum Gasteiger partial charge on any atom is -0.347 e. The van der Waals surface area contributed by atoms with Crippen LogP contribution in [0.25, 0.3) is 0 Å². The van der Waals surface area contributed by atoms with E-state index in [0.29, 0.717) is 19.5 Å². The van der Waals surface area contributed by atoms with Gasteiger partial charge in [0, 0.05) is 25.0 Å². The molecule has 17 heavy (non-hydrogen) atoms. The van der Waals surface area contributed by atoms with Crippen molar-refractivity contribution in [3.63, 3.8) is 0 Å². The quantitative estimate of drug-likeness (QED) is 0.699. The van der Waals surface area contributed by atoms with Gasteiger partial charge in [0.2, 0.25) is 11.8 Å². The molecule has 0 spiro atoms. The van der Waals surface area contributed by atoms with Crippen LogP contribution < -0.4 is 11.1 Å². The second-order valence-electron chi connectivity index (χ2n) is 4.74. The molecule has 1 aliphatic rings. The maximum absolute atomic E-state index is 11.6. The number of likely N-dealkylation sites (N-methyl/N-ethyl adjacent to an activating group) is 1. The number of hydrogen-bond acceptors (Lipinski definition) is 3. The Kier molecular flexibility index (Phi) is 4.93. The Hall–Kier alpha value is -1.10. The summed E-state index contributed by atoms with van der Waals surface area (Å²) in [5.41, 5.74) is 5.65. The highest BCUT2D eigenvalue weighted by Gasteiger charge is 2.34. The molecule has 0 bridgehead atoms. The highest BCUT2D eigenvalue weighted by atomic mass is 16.2. The second kappa shape index (κ2) is 6.00. The predicted molar refractivity (Wildman–Crippen MR) is 66.3 cm³/mol. The van der Waals surface area contributed by atoms with E-state index in [4.69, 9.17) is 5.73 Å². The minimum atomic E-state index is -0.317. The molecule has 1 rings (SSSR count). The first kappa shape index (κ1) is 14.0. The molecule has 0 atom stereocenters. The molecule has 98 valence electrons. The summed E-state index contributed by atoms with van der Waals surface area (Å²) in [7, 11) is 0. The first-order chi connectivity index (χ1) is 8.00. The summed E-state index contributed by atoms with van der Waals surface area (Å²) in [5, 5.41) is 2.65. The molecule has 0 unspecified atom stereocenters. The van der Waals surface area contributed by atoms with Gasteiger partial charge < -0.3 is 16.0 Å². The summed E-state index contributed by atoms with van der Waals surface area (Å²) in [5.74, 6) is -0.157. The third-order valence-corrected chi connectivity index (χ3v) is 3.41. The van der Waals surface area contributed by atoms with E-state index in [1.165, 1.54) is 0 Å². The Morgan fingerprint density at radius 3 is 2.29 bits per heavy atom. The second-order valence-corrected chi connectivity index (χ2v) is 4.74. The van der Waals surface area contributed by atoms with E-state index < -0.39 is 0 Å². The number of rotatable bonds is 6. The highest BCUT2D eigenvalue weighted by molar-refractivity contribution is 5.85. The van der Waals surface area contributed by atoms with Gasteiger partial charge in [0.1, 0.15) is 0 Å². The first-order valence-electron chi connectivity index (χ1n) is 6.34. The van der Waals surface area contributed by atoms with Crippen molar-refractivity contribution < 1.29 is 9.59 Å². The van der Waals surface area contributed by atoms with Crippen molar-refractivity contribution in [3.8, 4) is 0 Å². The molecule has 2 amide bonds. The summed E-state index contributed by atoms with van der Waals surface area (Å²) >= 11 is 0. The van der Waals surface area contributed by atoms with E-state index in [2.05, 4.69) is 5.32 Å². The zero-order valence-electron chi connectivity index (χ0n) is 10.8. The predicted octanol–water partition coefficient (Wildman–Crippen LogP) is 0.243. The van der Waals surface area contributed by atoms with Gasteiger partial charge in [0.15, 0.2) is 0 Å². The fourth-order valence-electron chi connectivity index (χ4n) is 2.05. The molecule has 0 heterocycles. The van der Waals surface area contributed by atoms with Crippen molar-refractivity contribution in [1.82, 2.24) is 10.2 Å². The van der Waals surface area contributed by atoms with Gasteiger partial charge in [-0.15, -0.1) is 0 Å². The van der Waals surface area contributed by atoms with Crippen LogP contribution in [0.5, 0.6) is 0 Å². The fourth-order valence-corrected chi connectivity index (χ4v) is 2.05. The van der Waals surface area contributed by atoms with Crippen LogP contribution in [0, 0.1) is 0 Å². The smallest absolute Gasteiger partial charge is 0.241 e. The van der Waals surface area contributed by atoms with Gasteiger partial charge in [-0.2, -0.15) is 0 Å². The molecule has 0 aromatic heterocycles. The molecule has 1 fully saturated rings. The molecule has 3 N–H and O–H groups in total. The van der Waals surface area contributed by atoms with Crippen LogP contribution in [0.15, 0.2) is 0 Å². The van der Waals surface area contributed by atoms with Crippen LogP contribution in [0.3, 0.4) is 0 Å². The van der Waals surface area contributed by atoms with Crippen molar-refractivity contribution in [1.29, 1.82) is 0 Å². The van der Waals surface area contributed by atoms with Crippen LogP contribution in [-0.4, -0.2) is 41.9 Å². The third kappa shape index (κ3) is 4.00. The lowest BCUT2D eigenvalue weighted by atomic mass is 9.75. The zero-order valence-corrected chi connectivity index (χ0v) is 10.8. The summed E-state index contributed by atoms with van der Waals surface area (Å²) in [6.45, 7) is 5.27. The molecular formula is C12H23N3O2. The monoisotopic (exact) mass is 241 g/mol. The average Bonchev–Trinajstić information content (AvgIpc) is 2.26. The Morgan fingerprint density at radius 2 is 1.88 bits per heavy atom. The summed E-state index contributed by atoms with van der Waals surface area (Å²) in [6, 6.07) is 0. The molecular weight excluding hydrogens is 218 g/mol. The van der Waals surface area contributed by atoms with Gasteiger partial charge in [0.25, 0.3) is 0 Å². The normalized spacial score (nSPS) is 17.1. The Balaban J connectivity index is 2.25. The van der Waals surface area contributed by atoms with Gasteiger partial charge in [0.05, 0.1) is 6.54 Å². The highest BCUT2D eigenvalue weighted by Crippen LogP contribution is 2.31. The van der Waals surface area contributed by atoms with Crippen LogP contribution in [-0.2, 0) is 9.59 Å². The van der Waals surface area contributed by atoms with Crippen LogP contribution >= 0.6 is 0 Å². The molecule has 1 saturated carbocycles. The molecule has 0 aromatic carbocycles. The van der Waals surface area contributed by atoms with E-state index >= 15 is 0 Å². The maximum Gasteiger partial charge on any atom is 0.241 e. The number of carbonyl (C=O) groups excluding carboxylic acids is 2. The number of hydrogen-bond donors (Lipinski definition) is 2. The first-order valence-corrected chi connectivity index (χ1v) is 6.34. The number of carbonyl (C=O) groups is 2. The largest absolute Gasteiger partial charge is 0.347 e. The van der Waals surface area contributed by atoms with E-state index in [-0.39, 0.29) is 23.9 Å². The number of amides is 2. The molecule has 0 aromatic rings. The van der Waals surface area contributed by atoms with Crippen molar-refractivity contribution in [3.05, 3.63) is 0 Å². The molecule has 5 heteroatoms. The van der Waals surface area contributed by atoms with Gasteiger partial charge in [-0.05, 0) is 33.1 Å². The summed E-state index contributed by atoms with van der Waals surface area (Å²) < 4.78 is 0. The lowest BCUT2D eigenvalue weighted by Gasteiger charge is -2.37. The SMILES string of the molecule is CCN(CC)C(=O)CNC(=O)CC1(N)CCC1. The zero-order chi connectivity index (χ0) is 12.9. The van der Waals surface area contributed by atoms with Gasteiger partial charge in [-0.3, -0.25) is 9.59 Å². The number of nitrogens with zero attached hydrogens (tertiary/aromatic N) is 1. The van der Waals surface area contributed by atoms with Crippen molar-refractivity contribution in [2.24, 2.45) is 5.73 Å². The van der Waals surface area contributed by atoms with Crippen LogP contribution in [0.2, 0.25) is 0 Å². The van der Waals surface area contributed by atoms with E-state index in [1.807, 2.05) is 13.8 Å². The van der Waals surface area contributed by atoms with Gasteiger partial charge in [-0.1, -0.05) is 0 Å². The number of nitrogens with one attached hydrogen (secondary N) is 1. The van der Waals surface area contributed by atoms with Gasteiger partial charge >= 0.3 is 0 Å². The minimum absolute atomic E-state index is 0.0389. The number of nitrogens with two attached hydrogens (primary N) is 1. The van der Waals surface area contributed by atoms with Crippen molar-refractivity contribution in [2.75, 3.05) is 19.6 Å². The maximum atomic E-state index is 11.6. The van der Waals surface area contributed by atoms with E-state index in [9.17, 15) is 9.59 Å². The van der Waals surface area contributed by atoms with E-state index in [0.717, 1.165) is 19.3 Å². The third-order valence-electron chi connectivity index (χ3n) is 3.41.